The molecule has 9 heteroatoms. The number of nitrogens with one attached hydrogen (secondary N) is 2. The van der Waals surface area contributed by atoms with Gasteiger partial charge in [-0.05, 0) is 13.3 Å². The van der Waals surface area contributed by atoms with Gasteiger partial charge in [-0.3, -0.25) is 9.59 Å². The van der Waals surface area contributed by atoms with Crippen LogP contribution >= 0.6 is 0 Å². The van der Waals surface area contributed by atoms with Gasteiger partial charge in [0.05, 0.1) is 18.7 Å². The van der Waals surface area contributed by atoms with E-state index in [0.717, 1.165) is 0 Å². The molecule has 2 N–H and O–H groups in total. The number of esters is 2. The molecule has 0 aliphatic rings. The van der Waals surface area contributed by atoms with Crippen LogP contribution in [0.1, 0.15) is 40.5 Å². The third-order valence-electron chi connectivity index (χ3n) is 2.73. The molecule has 0 aromatic heterocycles. The Labute approximate surface area is 140 Å². The largest absolute Gasteiger partial charge is 0.464 e. The summed E-state index contributed by atoms with van der Waals surface area (Å²) in [5.41, 5.74) is 0. The molecule has 0 spiro atoms. The molecule has 0 aromatic carbocycles. The molecular weight excluding hydrogens is 320 g/mol. The van der Waals surface area contributed by atoms with Gasteiger partial charge in [0.1, 0.15) is 6.04 Å². The maximum absolute atomic E-state index is 11.8. The molecular formula is C15H24N2O7. The first kappa shape index (κ1) is 21.6. The standard InChI is InChI=1S/C15H24N2O7/c1-5-22-14(20)12(7-6-11(18)8-16)17-15(21)24-10(4)23-13(19)9(2)3/h8-10,12,16H,5-7H2,1-4H3,(H,17,21). The van der Waals surface area contributed by atoms with Gasteiger partial charge in [0.15, 0.2) is 5.78 Å². The van der Waals surface area contributed by atoms with E-state index in [1.54, 1.807) is 20.8 Å². The van der Waals surface area contributed by atoms with Gasteiger partial charge in [-0.15, -0.1) is 0 Å². The third-order valence-corrected chi connectivity index (χ3v) is 2.73. The molecule has 24 heavy (non-hydrogen) atoms. The summed E-state index contributed by atoms with van der Waals surface area (Å²) in [6, 6.07) is -1.10. The molecule has 0 saturated heterocycles. The van der Waals surface area contributed by atoms with Crippen LogP contribution in [0.2, 0.25) is 0 Å². The van der Waals surface area contributed by atoms with Gasteiger partial charge in [0, 0.05) is 13.3 Å². The van der Waals surface area contributed by atoms with E-state index >= 15 is 0 Å². The van der Waals surface area contributed by atoms with E-state index in [1.807, 2.05) is 0 Å². The van der Waals surface area contributed by atoms with Crippen molar-refractivity contribution >= 4 is 30.0 Å². The SMILES string of the molecule is CCOC(=O)C(CCC(=O)C=N)NC(=O)OC(C)OC(=O)C(C)C. The van der Waals surface area contributed by atoms with Crippen molar-refractivity contribution in [3.63, 3.8) is 0 Å². The minimum absolute atomic E-state index is 0.0394. The van der Waals surface area contributed by atoms with Crippen LogP contribution in [0, 0.1) is 11.3 Å². The van der Waals surface area contributed by atoms with E-state index in [2.05, 4.69) is 5.32 Å². The van der Waals surface area contributed by atoms with Gasteiger partial charge in [0.25, 0.3) is 0 Å². The Morgan fingerprint density at radius 1 is 1.08 bits per heavy atom. The minimum Gasteiger partial charge on any atom is -0.464 e. The van der Waals surface area contributed by atoms with Gasteiger partial charge in [0.2, 0.25) is 6.29 Å². The molecule has 0 rings (SSSR count). The van der Waals surface area contributed by atoms with Crippen LogP contribution in [0.15, 0.2) is 0 Å². The van der Waals surface area contributed by atoms with Gasteiger partial charge < -0.3 is 24.9 Å². The highest BCUT2D eigenvalue weighted by Gasteiger charge is 2.25. The molecule has 0 fully saturated rings. The van der Waals surface area contributed by atoms with Crippen molar-refractivity contribution in [1.82, 2.24) is 5.32 Å². The Bertz CT molecular complexity index is 476. The Balaban J connectivity index is 4.61. The highest BCUT2D eigenvalue weighted by atomic mass is 16.7. The predicted octanol–water partition coefficient (Wildman–Crippen LogP) is 1.19. The fourth-order valence-electron chi connectivity index (χ4n) is 1.50. The second kappa shape index (κ2) is 11.1. The van der Waals surface area contributed by atoms with Crippen molar-refractivity contribution < 1.29 is 33.4 Å². The molecule has 0 heterocycles. The summed E-state index contributed by atoms with van der Waals surface area (Å²) in [5.74, 6) is -2.12. The van der Waals surface area contributed by atoms with E-state index in [0.29, 0.717) is 6.21 Å². The molecule has 2 atom stereocenters. The molecule has 0 saturated carbocycles. The second-order valence-corrected chi connectivity index (χ2v) is 5.16. The molecule has 2 unspecified atom stereocenters. The number of ketones is 1. The smallest absolute Gasteiger partial charge is 0.410 e. The van der Waals surface area contributed by atoms with Crippen molar-refractivity contribution in [2.24, 2.45) is 5.92 Å². The zero-order valence-corrected chi connectivity index (χ0v) is 14.3. The lowest BCUT2D eigenvalue weighted by molar-refractivity contribution is -0.169. The molecule has 1 amide bonds. The Hall–Kier alpha value is -2.45. The monoisotopic (exact) mass is 344 g/mol. The number of alkyl carbamates (subject to hydrolysis) is 1. The average Bonchev–Trinajstić information content (AvgIpc) is 2.50. The van der Waals surface area contributed by atoms with Crippen LogP contribution < -0.4 is 5.32 Å². The van der Waals surface area contributed by atoms with E-state index in [-0.39, 0.29) is 25.4 Å². The predicted molar refractivity (Wildman–Crippen MR) is 83.5 cm³/mol. The fraction of sp³-hybridized carbons (Fsp3) is 0.667. The molecule has 9 nitrogen and oxygen atoms in total. The highest BCUT2D eigenvalue weighted by molar-refractivity contribution is 6.26. The Morgan fingerprint density at radius 3 is 2.21 bits per heavy atom. The van der Waals surface area contributed by atoms with Crippen LogP contribution in [0.5, 0.6) is 0 Å². The first-order chi connectivity index (χ1) is 11.2. The molecule has 0 bridgehead atoms. The zero-order valence-electron chi connectivity index (χ0n) is 14.3. The summed E-state index contributed by atoms with van der Waals surface area (Å²) in [6.45, 7) is 6.33. The van der Waals surface area contributed by atoms with E-state index in [9.17, 15) is 19.2 Å². The second-order valence-electron chi connectivity index (χ2n) is 5.16. The topological polar surface area (TPSA) is 132 Å². The number of Topliss-reactive ketones (excluding diaryl/α,β-unsaturated/α-hetero) is 1. The van der Waals surface area contributed by atoms with Crippen LogP contribution in [-0.2, 0) is 28.6 Å². The summed E-state index contributed by atoms with van der Waals surface area (Å²) in [5, 5.41) is 9.08. The van der Waals surface area contributed by atoms with Crippen molar-refractivity contribution in [3.8, 4) is 0 Å². The molecule has 0 aliphatic heterocycles. The maximum atomic E-state index is 11.8. The number of carbonyl (C=O) groups excluding carboxylic acids is 4. The number of hydrogen-bond acceptors (Lipinski definition) is 8. The quantitative estimate of drug-likeness (QED) is 0.345. The number of amides is 1. The Morgan fingerprint density at radius 2 is 1.71 bits per heavy atom. The molecule has 0 aromatic rings. The van der Waals surface area contributed by atoms with Crippen LogP contribution in [-0.4, -0.2) is 49.0 Å². The first-order valence-electron chi connectivity index (χ1n) is 7.58. The van der Waals surface area contributed by atoms with Crippen LogP contribution in [0.25, 0.3) is 0 Å². The van der Waals surface area contributed by atoms with Crippen LogP contribution in [0.3, 0.4) is 0 Å². The summed E-state index contributed by atoms with van der Waals surface area (Å²) < 4.78 is 14.5. The number of carbonyl (C=O) groups is 4. The molecule has 0 radical (unpaired) electrons. The Kier molecular flexibility index (Phi) is 10.0. The van der Waals surface area contributed by atoms with E-state index < -0.39 is 36.1 Å². The van der Waals surface area contributed by atoms with Gasteiger partial charge in [-0.2, -0.15) is 0 Å². The van der Waals surface area contributed by atoms with Crippen molar-refractivity contribution in [3.05, 3.63) is 0 Å². The first-order valence-corrected chi connectivity index (χ1v) is 7.58. The van der Waals surface area contributed by atoms with Crippen molar-refractivity contribution in [2.45, 2.75) is 52.9 Å². The zero-order chi connectivity index (χ0) is 18.7. The highest BCUT2D eigenvalue weighted by Crippen LogP contribution is 2.05. The summed E-state index contributed by atoms with van der Waals surface area (Å²) in [4.78, 5) is 46.1. The number of ether oxygens (including phenoxy) is 3. The van der Waals surface area contributed by atoms with E-state index in [4.69, 9.17) is 19.6 Å². The van der Waals surface area contributed by atoms with Crippen molar-refractivity contribution in [1.29, 1.82) is 5.41 Å². The lowest BCUT2D eigenvalue weighted by Crippen LogP contribution is -2.43. The average molecular weight is 344 g/mol. The summed E-state index contributed by atoms with van der Waals surface area (Å²) in [7, 11) is 0. The number of hydrogen-bond donors (Lipinski definition) is 2. The van der Waals surface area contributed by atoms with Gasteiger partial charge >= 0.3 is 18.0 Å². The van der Waals surface area contributed by atoms with Gasteiger partial charge in [-0.1, -0.05) is 13.8 Å². The third kappa shape index (κ3) is 8.86. The fourth-order valence-corrected chi connectivity index (χ4v) is 1.50. The molecule has 0 aliphatic carbocycles. The number of rotatable bonds is 10. The normalized spacial score (nSPS) is 12.7. The van der Waals surface area contributed by atoms with Gasteiger partial charge in [-0.25, -0.2) is 9.59 Å². The van der Waals surface area contributed by atoms with Crippen LogP contribution in [0.4, 0.5) is 4.79 Å². The minimum atomic E-state index is -1.13. The lowest BCUT2D eigenvalue weighted by Gasteiger charge is -2.19. The molecule has 136 valence electrons. The lowest BCUT2D eigenvalue weighted by atomic mass is 10.1. The maximum Gasteiger partial charge on any atom is 0.410 e. The van der Waals surface area contributed by atoms with Crippen molar-refractivity contribution in [2.75, 3.05) is 6.61 Å². The summed E-state index contributed by atoms with van der Waals surface area (Å²) in [6.07, 6.45) is -1.63. The summed E-state index contributed by atoms with van der Waals surface area (Å²) >= 11 is 0. The van der Waals surface area contributed by atoms with E-state index in [1.165, 1.54) is 6.92 Å².